The molecule has 2 rings (SSSR count). The van der Waals surface area contributed by atoms with Gasteiger partial charge < -0.3 is 15.2 Å². The van der Waals surface area contributed by atoms with Crippen LogP contribution in [0.4, 0.5) is 0 Å². The normalized spacial score (nSPS) is 17.4. The van der Waals surface area contributed by atoms with Gasteiger partial charge in [-0.05, 0) is 30.5 Å². The summed E-state index contributed by atoms with van der Waals surface area (Å²) in [4.78, 5) is 23.6. The van der Waals surface area contributed by atoms with Crippen molar-refractivity contribution in [2.75, 3.05) is 13.7 Å². The zero-order valence-corrected chi connectivity index (χ0v) is 13.2. The van der Waals surface area contributed by atoms with Crippen molar-refractivity contribution >= 4 is 23.5 Å². The van der Waals surface area contributed by atoms with Gasteiger partial charge in [0.25, 0.3) is 0 Å². The van der Waals surface area contributed by atoms with E-state index < -0.39 is 11.4 Å². The molecule has 1 unspecified atom stereocenters. The summed E-state index contributed by atoms with van der Waals surface area (Å²) in [7, 11) is 1.56. The van der Waals surface area contributed by atoms with Gasteiger partial charge in [-0.3, -0.25) is 9.59 Å². The molecule has 0 saturated heterocycles. The number of carbonyl (C=O) groups is 2. The second kappa shape index (κ2) is 7.11. The highest BCUT2D eigenvalue weighted by molar-refractivity contribution is 6.30. The van der Waals surface area contributed by atoms with Gasteiger partial charge in [-0.25, -0.2) is 0 Å². The molecule has 1 aromatic carbocycles. The van der Waals surface area contributed by atoms with E-state index in [2.05, 4.69) is 5.32 Å². The molecule has 1 aliphatic carbocycles. The number of aliphatic carboxylic acids is 1. The molecular weight excluding hydrogens is 306 g/mol. The first-order valence-corrected chi connectivity index (χ1v) is 7.62. The number of methoxy groups -OCH3 is 1. The third-order valence-corrected chi connectivity index (χ3v) is 4.46. The minimum absolute atomic E-state index is 0.0101. The molecule has 2 N–H and O–H groups in total. The van der Waals surface area contributed by atoms with Crippen LogP contribution in [0.3, 0.4) is 0 Å². The van der Waals surface area contributed by atoms with E-state index in [1.54, 1.807) is 19.2 Å². The highest BCUT2D eigenvalue weighted by Crippen LogP contribution is 2.44. The maximum Gasteiger partial charge on any atom is 0.310 e. The average Bonchev–Trinajstić information content (AvgIpc) is 2.43. The van der Waals surface area contributed by atoms with Crippen LogP contribution < -0.4 is 5.32 Å². The van der Waals surface area contributed by atoms with Crippen LogP contribution in [0.5, 0.6) is 0 Å². The van der Waals surface area contributed by atoms with Gasteiger partial charge in [0.15, 0.2) is 0 Å². The lowest BCUT2D eigenvalue weighted by atomic mass is 9.66. The summed E-state index contributed by atoms with van der Waals surface area (Å²) in [6.45, 7) is 0.313. The molecule has 1 atom stereocenters. The molecule has 1 aliphatic rings. The Morgan fingerprint density at radius 1 is 1.36 bits per heavy atom. The summed E-state index contributed by atoms with van der Waals surface area (Å²) >= 11 is 5.86. The lowest BCUT2D eigenvalue weighted by Crippen LogP contribution is -2.43. The van der Waals surface area contributed by atoms with E-state index in [9.17, 15) is 14.7 Å². The van der Waals surface area contributed by atoms with E-state index in [1.807, 2.05) is 12.1 Å². The second-order valence-electron chi connectivity index (χ2n) is 5.74. The van der Waals surface area contributed by atoms with Crippen molar-refractivity contribution in [3.05, 3.63) is 34.9 Å². The molecule has 5 nitrogen and oxygen atoms in total. The number of benzene rings is 1. The molecule has 120 valence electrons. The minimum atomic E-state index is -0.887. The Labute approximate surface area is 134 Å². The third kappa shape index (κ3) is 3.78. The van der Waals surface area contributed by atoms with Gasteiger partial charge in [0, 0.05) is 18.6 Å². The van der Waals surface area contributed by atoms with Gasteiger partial charge in [-0.2, -0.15) is 0 Å². The molecule has 0 bridgehead atoms. The maximum atomic E-state index is 12.2. The topological polar surface area (TPSA) is 75.6 Å². The smallest absolute Gasteiger partial charge is 0.310 e. The molecule has 1 aromatic rings. The fourth-order valence-electron chi connectivity index (χ4n) is 2.71. The summed E-state index contributed by atoms with van der Waals surface area (Å²) in [6.07, 6.45) is 1.99. The highest BCUT2D eigenvalue weighted by Gasteiger charge is 2.46. The summed E-state index contributed by atoms with van der Waals surface area (Å²) in [5.74, 6) is -1.15. The van der Waals surface area contributed by atoms with E-state index in [0.717, 1.165) is 12.0 Å². The summed E-state index contributed by atoms with van der Waals surface area (Å²) < 4.78 is 5.14. The Balaban J connectivity index is 2.02. The number of amides is 1. The van der Waals surface area contributed by atoms with Crippen LogP contribution in [0, 0.1) is 5.41 Å². The highest BCUT2D eigenvalue weighted by atomic mass is 35.5. The molecule has 0 radical (unpaired) electrons. The van der Waals surface area contributed by atoms with Crippen LogP contribution in [0.15, 0.2) is 24.3 Å². The van der Waals surface area contributed by atoms with Gasteiger partial charge >= 0.3 is 5.97 Å². The monoisotopic (exact) mass is 325 g/mol. The fourth-order valence-corrected chi connectivity index (χ4v) is 2.83. The van der Waals surface area contributed by atoms with Crippen molar-refractivity contribution in [2.24, 2.45) is 5.41 Å². The quantitative estimate of drug-likeness (QED) is 0.808. The van der Waals surface area contributed by atoms with Crippen LogP contribution in [0.1, 0.15) is 37.3 Å². The number of hydrogen-bond acceptors (Lipinski definition) is 3. The predicted molar refractivity (Wildman–Crippen MR) is 82.7 cm³/mol. The Morgan fingerprint density at radius 3 is 2.45 bits per heavy atom. The van der Waals surface area contributed by atoms with Crippen molar-refractivity contribution in [1.29, 1.82) is 0 Å². The lowest BCUT2D eigenvalue weighted by molar-refractivity contribution is -0.157. The first-order chi connectivity index (χ1) is 10.5. The van der Waals surface area contributed by atoms with Crippen molar-refractivity contribution in [1.82, 2.24) is 5.32 Å². The van der Waals surface area contributed by atoms with Gasteiger partial charge in [0.2, 0.25) is 5.91 Å². The van der Waals surface area contributed by atoms with Crippen LogP contribution in [0.2, 0.25) is 5.02 Å². The van der Waals surface area contributed by atoms with Gasteiger partial charge in [-0.15, -0.1) is 0 Å². The third-order valence-electron chi connectivity index (χ3n) is 4.20. The summed E-state index contributed by atoms with van der Waals surface area (Å²) in [5, 5.41) is 12.8. The molecule has 0 aromatic heterocycles. The summed E-state index contributed by atoms with van der Waals surface area (Å²) in [6, 6.07) is 6.82. The van der Waals surface area contributed by atoms with E-state index in [0.29, 0.717) is 24.5 Å². The number of carboxylic acids is 1. The average molecular weight is 326 g/mol. The molecule has 1 amide bonds. The summed E-state index contributed by atoms with van der Waals surface area (Å²) in [5.41, 5.74) is -0.0144. The van der Waals surface area contributed by atoms with Crippen LogP contribution in [-0.4, -0.2) is 30.7 Å². The van der Waals surface area contributed by atoms with Crippen molar-refractivity contribution in [3.63, 3.8) is 0 Å². The van der Waals surface area contributed by atoms with E-state index in [1.165, 1.54) is 0 Å². The lowest BCUT2D eigenvalue weighted by Gasteiger charge is -2.37. The van der Waals surface area contributed by atoms with Crippen LogP contribution in [-0.2, 0) is 14.3 Å². The zero-order valence-electron chi connectivity index (χ0n) is 12.5. The largest absolute Gasteiger partial charge is 0.481 e. The van der Waals surface area contributed by atoms with Crippen molar-refractivity contribution in [2.45, 2.75) is 31.7 Å². The molecular formula is C16H20ClNO4. The first kappa shape index (κ1) is 16.8. The molecule has 0 aliphatic heterocycles. The number of ether oxygens (including phenoxy) is 1. The molecule has 1 saturated carbocycles. The van der Waals surface area contributed by atoms with E-state index in [-0.39, 0.29) is 18.4 Å². The van der Waals surface area contributed by atoms with Gasteiger partial charge in [-0.1, -0.05) is 30.2 Å². The molecule has 1 fully saturated rings. The minimum Gasteiger partial charge on any atom is -0.481 e. The van der Waals surface area contributed by atoms with Crippen LogP contribution >= 0.6 is 11.6 Å². The first-order valence-electron chi connectivity index (χ1n) is 7.24. The van der Waals surface area contributed by atoms with Gasteiger partial charge in [0.05, 0.1) is 18.1 Å². The number of hydrogen-bond donors (Lipinski definition) is 2. The fraction of sp³-hybridized carbons (Fsp3) is 0.500. The Morgan fingerprint density at radius 2 is 2.00 bits per heavy atom. The standard InChI is InChI=1S/C16H20ClNO4/c1-22-10-13(11-3-5-12(17)6-4-11)18-14(19)9-16(15(20)21)7-2-8-16/h3-6,13H,2,7-10H2,1H3,(H,18,19)(H,20,21). The predicted octanol–water partition coefficient (Wildman–Crippen LogP) is 2.79. The Bertz CT molecular complexity index is 540. The second-order valence-corrected chi connectivity index (χ2v) is 6.18. The molecule has 0 heterocycles. The number of carboxylic acid groups (broad SMARTS) is 1. The molecule has 22 heavy (non-hydrogen) atoms. The van der Waals surface area contributed by atoms with E-state index >= 15 is 0 Å². The SMILES string of the molecule is COCC(NC(=O)CC1(C(=O)O)CCC1)c1ccc(Cl)cc1. The Hall–Kier alpha value is -1.59. The molecule has 0 spiro atoms. The van der Waals surface area contributed by atoms with Gasteiger partial charge in [0.1, 0.15) is 0 Å². The van der Waals surface area contributed by atoms with Crippen LogP contribution in [0.25, 0.3) is 0 Å². The van der Waals surface area contributed by atoms with Crippen molar-refractivity contribution < 1.29 is 19.4 Å². The Kier molecular flexibility index (Phi) is 5.42. The maximum absolute atomic E-state index is 12.2. The molecule has 6 heteroatoms. The zero-order chi connectivity index (χ0) is 16.2. The number of carbonyl (C=O) groups excluding carboxylic acids is 1. The van der Waals surface area contributed by atoms with E-state index in [4.69, 9.17) is 16.3 Å². The number of rotatable bonds is 7. The van der Waals surface area contributed by atoms with Crippen molar-refractivity contribution in [3.8, 4) is 0 Å². The number of nitrogens with one attached hydrogen (secondary N) is 1. The number of halogens is 1.